The molecule has 0 spiro atoms. The number of hydrogen-bond donors (Lipinski definition) is 3. The first-order valence-electron chi connectivity index (χ1n) is 7.75. The molecule has 2 aliphatic rings. The number of aliphatic hydroxyl groups excluding tert-OH is 1. The lowest BCUT2D eigenvalue weighted by Gasteiger charge is -2.18. The molecule has 1 aromatic carbocycles. The number of nitrogens with one attached hydrogen (secondary N) is 2. The fourth-order valence-corrected chi connectivity index (χ4v) is 4.54. The Kier molecular flexibility index (Phi) is 4.56. The molecule has 1 amide bonds. The lowest BCUT2D eigenvalue weighted by molar-refractivity contribution is 0.0927. The molecule has 2 unspecified atom stereocenters. The largest absolute Gasteiger partial charge is 0.391 e. The predicted molar refractivity (Wildman–Crippen MR) is 86.9 cm³/mol. The van der Waals surface area contributed by atoms with Crippen molar-refractivity contribution in [2.24, 2.45) is 5.92 Å². The highest BCUT2D eigenvalue weighted by atomic mass is 32.2. The average molecular weight is 339 g/mol. The van der Waals surface area contributed by atoms with Gasteiger partial charge in [-0.05, 0) is 24.6 Å². The Morgan fingerprint density at radius 2 is 2.22 bits per heavy atom. The molecule has 3 N–H and O–H groups in total. The average Bonchev–Trinajstić information content (AvgIpc) is 3.10. The molecule has 0 aliphatic carbocycles. The van der Waals surface area contributed by atoms with Crippen molar-refractivity contribution in [1.82, 2.24) is 10.6 Å². The van der Waals surface area contributed by atoms with E-state index in [0.29, 0.717) is 43.9 Å². The van der Waals surface area contributed by atoms with E-state index >= 15 is 0 Å². The van der Waals surface area contributed by atoms with Crippen LogP contribution in [0.1, 0.15) is 16.8 Å². The smallest absolute Gasteiger partial charge is 0.251 e. The third-order valence-electron chi connectivity index (χ3n) is 4.32. The van der Waals surface area contributed by atoms with Gasteiger partial charge in [0.1, 0.15) is 0 Å². The Balaban J connectivity index is 1.68. The molecular weight excluding hydrogens is 318 g/mol. The number of carbonyl (C=O) groups is 1. The molecule has 7 nitrogen and oxygen atoms in total. The SMILES string of the molecule is O=C(NCC1CNCC1O)c1cccc(N2CCCS2(=O)=O)c1. The van der Waals surface area contributed by atoms with Crippen LogP contribution in [0.2, 0.25) is 0 Å². The summed E-state index contributed by atoms with van der Waals surface area (Å²) < 4.78 is 25.3. The van der Waals surface area contributed by atoms with Crippen molar-refractivity contribution in [2.75, 3.05) is 36.2 Å². The van der Waals surface area contributed by atoms with E-state index in [2.05, 4.69) is 10.6 Å². The van der Waals surface area contributed by atoms with Gasteiger partial charge in [0, 0.05) is 37.7 Å². The van der Waals surface area contributed by atoms with Crippen molar-refractivity contribution in [3.63, 3.8) is 0 Å². The molecule has 1 aromatic rings. The van der Waals surface area contributed by atoms with Gasteiger partial charge in [0.15, 0.2) is 0 Å². The summed E-state index contributed by atoms with van der Waals surface area (Å²) in [7, 11) is -3.25. The van der Waals surface area contributed by atoms with Gasteiger partial charge in [0.2, 0.25) is 10.0 Å². The Morgan fingerprint density at radius 3 is 2.87 bits per heavy atom. The highest BCUT2D eigenvalue weighted by molar-refractivity contribution is 7.93. The van der Waals surface area contributed by atoms with Gasteiger partial charge in [0.25, 0.3) is 5.91 Å². The molecule has 8 heteroatoms. The Morgan fingerprint density at radius 1 is 1.39 bits per heavy atom. The van der Waals surface area contributed by atoms with Crippen molar-refractivity contribution >= 4 is 21.6 Å². The molecule has 23 heavy (non-hydrogen) atoms. The number of sulfonamides is 1. The topological polar surface area (TPSA) is 98.7 Å². The summed E-state index contributed by atoms with van der Waals surface area (Å²) in [4.78, 5) is 12.3. The lowest BCUT2D eigenvalue weighted by atomic mass is 10.1. The van der Waals surface area contributed by atoms with Gasteiger partial charge in [-0.1, -0.05) is 6.07 Å². The van der Waals surface area contributed by atoms with E-state index in [4.69, 9.17) is 0 Å². The van der Waals surface area contributed by atoms with Crippen LogP contribution in [-0.4, -0.2) is 57.5 Å². The molecule has 0 aromatic heterocycles. The van der Waals surface area contributed by atoms with Crippen molar-refractivity contribution in [3.05, 3.63) is 29.8 Å². The second-order valence-electron chi connectivity index (χ2n) is 5.99. The number of benzene rings is 1. The monoisotopic (exact) mass is 339 g/mol. The van der Waals surface area contributed by atoms with Crippen LogP contribution in [-0.2, 0) is 10.0 Å². The maximum Gasteiger partial charge on any atom is 0.251 e. The summed E-state index contributed by atoms with van der Waals surface area (Å²) in [5.74, 6) is -0.112. The van der Waals surface area contributed by atoms with E-state index in [1.807, 2.05) is 0 Å². The lowest BCUT2D eigenvalue weighted by Crippen LogP contribution is -2.34. The molecule has 2 saturated heterocycles. The zero-order valence-electron chi connectivity index (χ0n) is 12.7. The first-order chi connectivity index (χ1) is 11.0. The van der Waals surface area contributed by atoms with Gasteiger partial charge in [-0.25, -0.2) is 8.42 Å². The van der Waals surface area contributed by atoms with Gasteiger partial charge < -0.3 is 15.7 Å². The molecule has 0 saturated carbocycles. The van der Waals surface area contributed by atoms with Gasteiger partial charge >= 0.3 is 0 Å². The number of hydrogen-bond acceptors (Lipinski definition) is 5. The van der Waals surface area contributed by atoms with E-state index in [9.17, 15) is 18.3 Å². The molecule has 2 aliphatic heterocycles. The molecule has 2 fully saturated rings. The summed E-state index contributed by atoms with van der Waals surface area (Å²) in [5, 5.41) is 15.6. The fraction of sp³-hybridized carbons (Fsp3) is 0.533. The normalized spacial score (nSPS) is 26.4. The summed E-state index contributed by atoms with van der Waals surface area (Å²) in [6.45, 7) is 2.06. The number of carbonyl (C=O) groups excluding carboxylic acids is 1. The van der Waals surface area contributed by atoms with E-state index in [-0.39, 0.29) is 17.6 Å². The zero-order chi connectivity index (χ0) is 16.4. The van der Waals surface area contributed by atoms with E-state index in [1.165, 1.54) is 4.31 Å². The van der Waals surface area contributed by atoms with Crippen molar-refractivity contribution in [3.8, 4) is 0 Å². The van der Waals surface area contributed by atoms with Crippen LogP contribution in [0.5, 0.6) is 0 Å². The van der Waals surface area contributed by atoms with Crippen LogP contribution in [0.3, 0.4) is 0 Å². The number of β-amino-alcohol motifs (C(OH)–C–C–N with tert-alkyl or cyclic N) is 1. The Hall–Kier alpha value is -1.64. The minimum atomic E-state index is -3.25. The third-order valence-corrected chi connectivity index (χ3v) is 6.19. The van der Waals surface area contributed by atoms with E-state index in [0.717, 1.165) is 0 Å². The highest BCUT2D eigenvalue weighted by Crippen LogP contribution is 2.24. The Labute approximate surface area is 135 Å². The summed E-state index contributed by atoms with van der Waals surface area (Å²) in [6, 6.07) is 6.64. The maximum absolute atomic E-state index is 12.3. The van der Waals surface area contributed by atoms with Crippen LogP contribution in [0.25, 0.3) is 0 Å². The first-order valence-corrected chi connectivity index (χ1v) is 9.36. The quantitative estimate of drug-likeness (QED) is 0.689. The van der Waals surface area contributed by atoms with E-state index < -0.39 is 16.1 Å². The minimum absolute atomic E-state index is 0.00101. The second kappa shape index (κ2) is 6.46. The number of aliphatic hydroxyl groups is 1. The maximum atomic E-state index is 12.3. The van der Waals surface area contributed by atoms with Crippen LogP contribution < -0.4 is 14.9 Å². The van der Waals surface area contributed by atoms with Crippen molar-refractivity contribution in [2.45, 2.75) is 12.5 Å². The van der Waals surface area contributed by atoms with Crippen LogP contribution in [0, 0.1) is 5.92 Å². The molecular formula is C15H21N3O4S. The molecule has 3 rings (SSSR count). The van der Waals surface area contributed by atoms with Crippen LogP contribution >= 0.6 is 0 Å². The predicted octanol–water partition coefficient (Wildman–Crippen LogP) is -0.463. The van der Waals surface area contributed by atoms with Gasteiger partial charge in [-0.15, -0.1) is 0 Å². The second-order valence-corrected chi connectivity index (χ2v) is 8.00. The van der Waals surface area contributed by atoms with Gasteiger partial charge in [-0.3, -0.25) is 9.10 Å². The number of nitrogens with zero attached hydrogens (tertiary/aromatic N) is 1. The first kappa shape index (κ1) is 16.2. The highest BCUT2D eigenvalue weighted by Gasteiger charge is 2.29. The molecule has 0 bridgehead atoms. The fourth-order valence-electron chi connectivity index (χ4n) is 2.99. The molecule has 2 atom stereocenters. The number of anilines is 1. The van der Waals surface area contributed by atoms with Gasteiger partial charge in [0.05, 0.1) is 17.5 Å². The molecule has 2 heterocycles. The van der Waals surface area contributed by atoms with Crippen LogP contribution in [0.15, 0.2) is 24.3 Å². The van der Waals surface area contributed by atoms with Gasteiger partial charge in [-0.2, -0.15) is 0 Å². The van der Waals surface area contributed by atoms with Crippen molar-refractivity contribution in [1.29, 1.82) is 0 Å². The van der Waals surface area contributed by atoms with Crippen molar-refractivity contribution < 1.29 is 18.3 Å². The Bertz CT molecular complexity index is 692. The standard InChI is InChI=1S/C15H21N3O4S/c19-14-10-16-8-12(14)9-17-15(20)11-3-1-4-13(7-11)18-5-2-6-23(18,21)22/h1,3-4,7,12,14,16,19H,2,5-6,8-10H2,(H,17,20). The van der Waals surface area contributed by atoms with Crippen LogP contribution in [0.4, 0.5) is 5.69 Å². The zero-order valence-corrected chi connectivity index (χ0v) is 13.6. The number of amides is 1. The van der Waals surface area contributed by atoms with E-state index in [1.54, 1.807) is 24.3 Å². The number of rotatable bonds is 4. The summed E-state index contributed by atoms with van der Waals surface area (Å²) in [6.07, 6.45) is 0.155. The molecule has 126 valence electrons. The molecule has 0 radical (unpaired) electrons. The summed E-state index contributed by atoms with van der Waals surface area (Å²) in [5.41, 5.74) is 0.947. The minimum Gasteiger partial charge on any atom is -0.391 e. The summed E-state index contributed by atoms with van der Waals surface area (Å²) >= 11 is 0. The third kappa shape index (κ3) is 3.49.